The van der Waals surface area contributed by atoms with Gasteiger partial charge in [0.05, 0.1) is 6.21 Å². The number of nitrogens with one attached hydrogen (secondary N) is 1. The van der Waals surface area contributed by atoms with Gasteiger partial charge in [-0.1, -0.05) is 17.7 Å². The maximum atomic E-state index is 11.5. The standard InChI is InChI=1S/C16H16N2O3/c1-12-2-8-15(9-3-12)21-11-16(20)18-17-10-13-4-6-14(19)7-5-13/h2-10,19H,11H2,1H3,(H,18,20)/b17-10+. The van der Waals surface area contributed by atoms with Crippen LogP contribution < -0.4 is 10.2 Å². The summed E-state index contributed by atoms with van der Waals surface area (Å²) >= 11 is 0. The normalized spacial score (nSPS) is 10.5. The molecule has 0 unspecified atom stereocenters. The fourth-order valence-electron chi connectivity index (χ4n) is 1.55. The topological polar surface area (TPSA) is 70.9 Å². The maximum absolute atomic E-state index is 11.5. The molecule has 108 valence electrons. The average molecular weight is 284 g/mol. The summed E-state index contributed by atoms with van der Waals surface area (Å²) in [4.78, 5) is 11.5. The van der Waals surface area contributed by atoms with E-state index in [1.807, 2.05) is 31.2 Å². The fraction of sp³-hybridized carbons (Fsp3) is 0.125. The molecule has 0 saturated heterocycles. The van der Waals surface area contributed by atoms with E-state index in [4.69, 9.17) is 9.84 Å². The Morgan fingerprint density at radius 3 is 2.52 bits per heavy atom. The van der Waals surface area contributed by atoms with Gasteiger partial charge < -0.3 is 9.84 Å². The van der Waals surface area contributed by atoms with Gasteiger partial charge in [0.1, 0.15) is 11.5 Å². The number of rotatable bonds is 5. The Morgan fingerprint density at radius 2 is 1.86 bits per heavy atom. The molecule has 0 saturated carbocycles. The number of ether oxygens (including phenoxy) is 1. The van der Waals surface area contributed by atoms with Gasteiger partial charge in [-0.25, -0.2) is 5.43 Å². The third-order valence-corrected chi connectivity index (χ3v) is 2.69. The van der Waals surface area contributed by atoms with Crippen LogP contribution in [0, 0.1) is 6.92 Å². The van der Waals surface area contributed by atoms with E-state index in [-0.39, 0.29) is 18.3 Å². The average Bonchev–Trinajstić information content (AvgIpc) is 2.49. The van der Waals surface area contributed by atoms with Gasteiger partial charge in [0.25, 0.3) is 5.91 Å². The van der Waals surface area contributed by atoms with Crippen molar-refractivity contribution < 1.29 is 14.6 Å². The lowest BCUT2D eigenvalue weighted by atomic mass is 10.2. The molecule has 0 radical (unpaired) electrons. The van der Waals surface area contributed by atoms with E-state index in [2.05, 4.69) is 10.5 Å². The van der Waals surface area contributed by atoms with Crippen molar-refractivity contribution in [2.75, 3.05) is 6.61 Å². The zero-order valence-electron chi connectivity index (χ0n) is 11.6. The number of nitrogens with zero attached hydrogens (tertiary/aromatic N) is 1. The second kappa shape index (κ2) is 7.09. The number of carbonyl (C=O) groups excluding carboxylic acids is 1. The largest absolute Gasteiger partial charge is 0.508 e. The summed E-state index contributed by atoms with van der Waals surface area (Å²) in [6.07, 6.45) is 1.49. The number of aromatic hydroxyl groups is 1. The number of phenols is 1. The summed E-state index contributed by atoms with van der Waals surface area (Å²) in [5, 5.41) is 12.9. The minimum absolute atomic E-state index is 0.101. The number of amides is 1. The van der Waals surface area contributed by atoms with Crippen molar-refractivity contribution in [2.24, 2.45) is 5.10 Å². The van der Waals surface area contributed by atoms with E-state index >= 15 is 0 Å². The van der Waals surface area contributed by atoms with Crippen molar-refractivity contribution in [1.29, 1.82) is 0 Å². The molecule has 0 bridgehead atoms. The Kier molecular flexibility index (Phi) is 4.93. The van der Waals surface area contributed by atoms with Crippen molar-refractivity contribution in [2.45, 2.75) is 6.92 Å². The molecule has 21 heavy (non-hydrogen) atoms. The second-order valence-electron chi connectivity index (χ2n) is 4.49. The molecule has 2 N–H and O–H groups in total. The van der Waals surface area contributed by atoms with Gasteiger partial charge in [-0.15, -0.1) is 0 Å². The van der Waals surface area contributed by atoms with Crippen LogP contribution in [0.4, 0.5) is 0 Å². The molecular formula is C16H16N2O3. The van der Waals surface area contributed by atoms with Crippen molar-refractivity contribution >= 4 is 12.1 Å². The van der Waals surface area contributed by atoms with Crippen LogP contribution in [0.2, 0.25) is 0 Å². The van der Waals surface area contributed by atoms with Crippen molar-refractivity contribution in [3.8, 4) is 11.5 Å². The van der Waals surface area contributed by atoms with Gasteiger partial charge in [-0.2, -0.15) is 5.10 Å². The van der Waals surface area contributed by atoms with Crippen LogP contribution in [-0.4, -0.2) is 23.8 Å². The molecule has 0 aliphatic rings. The highest BCUT2D eigenvalue weighted by atomic mass is 16.5. The quantitative estimate of drug-likeness (QED) is 0.653. The van der Waals surface area contributed by atoms with Crippen molar-refractivity contribution in [3.63, 3.8) is 0 Å². The SMILES string of the molecule is Cc1ccc(OCC(=O)N/N=C/c2ccc(O)cc2)cc1. The summed E-state index contributed by atoms with van der Waals surface area (Å²) in [5.74, 6) is 0.478. The number of hydrogen-bond donors (Lipinski definition) is 2. The predicted octanol–water partition coefficient (Wildman–Crippen LogP) is 2.23. The third kappa shape index (κ3) is 4.99. The Labute approximate surface area is 122 Å². The smallest absolute Gasteiger partial charge is 0.277 e. The fourth-order valence-corrected chi connectivity index (χ4v) is 1.55. The Bertz CT molecular complexity index is 619. The highest BCUT2D eigenvalue weighted by Gasteiger charge is 2.00. The summed E-state index contributed by atoms with van der Waals surface area (Å²) in [6.45, 7) is 1.88. The zero-order valence-corrected chi connectivity index (χ0v) is 11.6. The molecular weight excluding hydrogens is 268 g/mol. The van der Waals surface area contributed by atoms with E-state index in [0.717, 1.165) is 11.1 Å². The molecule has 1 amide bonds. The summed E-state index contributed by atoms with van der Waals surface area (Å²) in [5.41, 5.74) is 4.27. The van der Waals surface area contributed by atoms with E-state index in [0.29, 0.717) is 5.75 Å². The first-order valence-corrected chi connectivity index (χ1v) is 6.44. The van der Waals surface area contributed by atoms with E-state index in [9.17, 15) is 4.79 Å². The lowest BCUT2D eigenvalue weighted by molar-refractivity contribution is -0.123. The summed E-state index contributed by atoms with van der Waals surface area (Å²) in [6, 6.07) is 13.9. The molecule has 2 aromatic rings. The molecule has 0 aromatic heterocycles. The number of aryl methyl sites for hydroxylation is 1. The monoisotopic (exact) mass is 284 g/mol. The summed E-state index contributed by atoms with van der Waals surface area (Å²) < 4.78 is 5.32. The lowest BCUT2D eigenvalue weighted by Gasteiger charge is -2.04. The van der Waals surface area contributed by atoms with Gasteiger partial charge >= 0.3 is 0 Å². The van der Waals surface area contributed by atoms with Crippen LogP contribution in [-0.2, 0) is 4.79 Å². The number of hydrazone groups is 1. The molecule has 0 heterocycles. The summed E-state index contributed by atoms with van der Waals surface area (Å²) in [7, 11) is 0. The zero-order chi connectivity index (χ0) is 15.1. The first-order valence-electron chi connectivity index (χ1n) is 6.44. The minimum Gasteiger partial charge on any atom is -0.508 e. The highest BCUT2D eigenvalue weighted by molar-refractivity contribution is 5.83. The molecule has 0 aliphatic heterocycles. The van der Waals surface area contributed by atoms with E-state index in [1.54, 1.807) is 24.3 Å². The van der Waals surface area contributed by atoms with E-state index in [1.165, 1.54) is 6.21 Å². The van der Waals surface area contributed by atoms with Crippen LogP contribution in [0.3, 0.4) is 0 Å². The maximum Gasteiger partial charge on any atom is 0.277 e. The van der Waals surface area contributed by atoms with Crippen LogP contribution in [0.5, 0.6) is 11.5 Å². The minimum atomic E-state index is -0.342. The lowest BCUT2D eigenvalue weighted by Crippen LogP contribution is -2.24. The Hall–Kier alpha value is -2.82. The molecule has 5 heteroatoms. The number of phenolic OH excluding ortho intramolecular Hbond substituents is 1. The molecule has 5 nitrogen and oxygen atoms in total. The highest BCUT2D eigenvalue weighted by Crippen LogP contribution is 2.11. The van der Waals surface area contributed by atoms with Crippen LogP contribution in [0.25, 0.3) is 0 Å². The number of carbonyl (C=O) groups is 1. The molecule has 2 aromatic carbocycles. The van der Waals surface area contributed by atoms with Gasteiger partial charge in [0.15, 0.2) is 6.61 Å². The Morgan fingerprint density at radius 1 is 1.19 bits per heavy atom. The van der Waals surface area contributed by atoms with Gasteiger partial charge in [-0.05, 0) is 48.9 Å². The number of hydrogen-bond acceptors (Lipinski definition) is 4. The molecule has 0 spiro atoms. The molecule has 0 fully saturated rings. The first-order chi connectivity index (χ1) is 10.1. The van der Waals surface area contributed by atoms with Crippen LogP contribution in [0.15, 0.2) is 53.6 Å². The van der Waals surface area contributed by atoms with Gasteiger partial charge in [-0.3, -0.25) is 4.79 Å². The Balaban J connectivity index is 1.77. The first kappa shape index (κ1) is 14.6. The molecule has 2 rings (SSSR count). The van der Waals surface area contributed by atoms with Crippen molar-refractivity contribution in [1.82, 2.24) is 5.43 Å². The third-order valence-electron chi connectivity index (χ3n) is 2.69. The van der Waals surface area contributed by atoms with Crippen LogP contribution >= 0.6 is 0 Å². The molecule has 0 aliphatic carbocycles. The second-order valence-corrected chi connectivity index (χ2v) is 4.49. The van der Waals surface area contributed by atoms with Crippen LogP contribution in [0.1, 0.15) is 11.1 Å². The predicted molar refractivity (Wildman–Crippen MR) is 80.5 cm³/mol. The molecule has 0 atom stereocenters. The van der Waals surface area contributed by atoms with Gasteiger partial charge in [0.2, 0.25) is 0 Å². The van der Waals surface area contributed by atoms with Crippen molar-refractivity contribution in [3.05, 3.63) is 59.7 Å². The number of benzene rings is 2. The van der Waals surface area contributed by atoms with Gasteiger partial charge in [0, 0.05) is 0 Å². The van der Waals surface area contributed by atoms with E-state index < -0.39 is 0 Å².